The lowest BCUT2D eigenvalue weighted by Crippen LogP contribution is -2.33. The molecule has 1 unspecified atom stereocenters. The van der Waals surface area contributed by atoms with Crippen molar-refractivity contribution < 1.29 is 19.1 Å². The third kappa shape index (κ3) is 11.2. The van der Waals surface area contributed by atoms with Gasteiger partial charge in [-0.2, -0.15) is 0 Å². The van der Waals surface area contributed by atoms with Crippen LogP contribution in [-0.2, 0) is 14.3 Å². The molecule has 18 heavy (non-hydrogen) atoms. The third-order valence-electron chi connectivity index (χ3n) is 1.90. The largest absolute Gasteiger partial charge is 0.447 e. The monoisotopic (exact) mass is 260 g/mol. The van der Waals surface area contributed by atoms with Crippen molar-refractivity contribution in [2.75, 3.05) is 6.54 Å². The Balaban J connectivity index is 3.51. The minimum atomic E-state index is -0.566. The first-order chi connectivity index (χ1) is 8.20. The second-order valence-corrected chi connectivity index (χ2v) is 5.07. The number of esters is 1. The molecule has 0 fully saturated rings. The van der Waals surface area contributed by atoms with E-state index in [4.69, 9.17) is 15.2 Å². The number of amides is 1. The van der Waals surface area contributed by atoms with E-state index in [0.29, 0.717) is 13.0 Å². The van der Waals surface area contributed by atoms with Gasteiger partial charge in [0.05, 0.1) is 0 Å². The van der Waals surface area contributed by atoms with Crippen LogP contribution in [0.1, 0.15) is 47.0 Å². The van der Waals surface area contributed by atoms with Gasteiger partial charge in [0.1, 0.15) is 5.60 Å². The lowest BCUT2D eigenvalue weighted by molar-refractivity contribution is -0.146. The van der Waals surface area contributed by atoms with Crippen LogP contribution in [0, 0.1) is 0 Å². The number of unbranched alkanes of at least 4 members (excludes halogenated alkanes) is 1. The van der Waals surface area contributed by atoms with E-state index in [-0.39, 0.29) is 5.97 Å². The Bertz CT molecular complexity index is 274. The van der Waals surface area contributed by atoms with Crippen LogP contribution >= 0.6 is 0 Å². The molecule has 106 valence electrons. The average molecular weight is 260 g/mol. The van der Waals surface area contributed by atoms with Crippen molar-refractivity contribution in [3.05, 3.63) is 0 Å². The fourth-order valence-corrected chi connectivity index (χ4v) is 1.25. The highest BCUT2D eigenvalue weighted by Crippen LogP contribution is 2.06. The first-order valence-electron chi connectivity index (χ1n) is 6.10. The van der Waals surface area contributed by atoms with Gasteiger partial charge in [0, 0.05) is 13.5 Å². The number of rotatable bonds is 6. The smallest absolute Gasteiger partial charge is 0.407 e. The Morgan fingerprint density at radius 3 is 2.39 bits per heavy atom. The molecule has 0 aromatic rings. The topological polar surface area (TPSA) is 90.6 Å². The fraction of sp³-hybridized carbons (Fsp3) is 0.833. The van der Waals surface area contributed by atoms with Crippen LogP contribution in [0.3, 0.4) is 0 Å². The molecule has 0 aliphatic carbocycles. The van der Waals surface area contributed by atoms with E-state index in [1.165, 1.54) is 6.92 Å². The molecule has 6 heteroatoms. The van der Waals surface area contributed by atoms with Gasteiger partial charge >= 0.3 is 12.1 Å². The highest BCUT2D eigenvalue weighted by atomic mass is 16.6. The van der Waals surface area contributed by atoms with Crippen LogP contribution in [0.2, 0.25) is 0 Å². The standard InChI is InChI=1S/C12H24N2O4/c1-9(15)17-10(13)7-5-6-8-14-11(16)18-12(2,3)4/h10H,5-8,13H2,1-4H3,(H,14,16). The summed E-state index contributed by atoms with van der Waals surface area (Å²) >= 11 is 0. The molecule has 0 heterocycles. The number of alkyl carbamates (subject to hydrolysis) is 1. The quantitative estimate of drug-likeness (QED) is 0.429. The number of carbonyl (C=O) groups excluding carboxylic acids is 2. The van der Waals surface area contributed by atoms with Gasteiger partial charge in [-0.05, 0) is 40.0 Å². The van der Waals surface area contributed by atoms with Gasteiger partial charge in [0.25, 0.3) is 0 Å². The Morgan fingerprint density at radius 2 is 1.89 bits per heavy atom. The summed E-state index contributed by atoms with van der Waals surface area (Å²) in [7, 11) is 0. The van der Waals surface area contributed by atoms with Gasteiger partial charge in [-0.1, -0.05) is 0 Å². The predicted octanol–water partition coefficient (Wildman–Crippen LogP) is 1.53. The van der Waals surface area contributed by atoms with Crippen LogP contribution in [0.4, 0.5) is 4.79 Å². The van der Waals surface area contributed by atoms with Crippen molar-refractivity contribution >= 4 is 12.1 Å². The summed E-state index contributed by atoms with van der Waals surface area (Å²) in [6.07, 6.45) is 1.12. The van der Waals surface area contributed by atoms with Gasteiger partial charge < -0.3 is 14.8 Å². The molecule has 0 aliphatic rings. The molecule has 6 nitrogen and oxygen atoms in total. The minimum absolute atomic E-state index is 0.380. The van der Waals surface area contributed by atoms with Crippen molar-refractivity contribution in [2.45, 2.75) is 58.8 Å². The number of nitrogens with one attached hydrogen (secondary N) is 1. The predicted molar refractivity (Wildman–Crippen MR) is 67.8 cm³/mol. The lowest BCUT2D eigenvalue weighted by Gasteiger charge is -2.19. The maximum Gasteiger partial charge on any atom is 0.407 e. The Labute approximate surface area is 108 Å². The summed E-state index contributed by atoms with van der Waals surface area (Å²) in [5.74, 6) is -0.380. The van der Waals surface area contributed by atoms with E-state index in [2.05, 4.69) is 5.32 Å². The molecule has 0 bridgehead atoms. The molecule has 1 amide bonds. The summed E-state index contributed by atoms with van der Waals surface area (Å²) in [5, 5.41) is 2.64. The normalized spacial score (nSPS) is 12.7. The number of nitrogens with two attached hydrogens (primary N) is 1. The Hall–Kier alpha value is -1.30. The van der Waals surface area contributed by atoms with Crippen LogP contribution in [0.25, 0.3) is 0 Å². The van der Waals surface area contributed by atoms with Gasteiger partial charge in [-0.15, -0.1) is 0 Å². The SMILES string of the molecule is CC(=O)OC(N)CCCCNC(=O)OC(C)(C)C. The zero-order chi connectivity index (χ0) is 14.2. The molecule has 1 atom stereocenters. The molecular formula is C12H24N2O4. The summed E-state index contributed by atoms with van der Waals surface area (Å²) in [6, 6.07) is 0. The molecule has 0 aromatic heterocycles. The zero-order valence-electron chi connectivity index (χ0n) is 11.6. The van der Waals surface area contributed by atoms with Gasteiger partial charge in [0.15, 0.2) is 6.23 Å². The molecule has 0 radical (unpaired) electrons. The molecule has 0 rings (SSSR count). The van der Waals surface area contributed by atoms with Crippen molar-refractivity contribution in [1.82, 2.24) is 5.32 Å². The van der Waals surface area contributed by atoms with Gasteiger partial charge in [0.2, 0.25) is 0 Å². The van der Waals surface area contributed by atoms with E-state index in [0.717, 1.165) is 12.8 Å². The van der Waals surface area contributed by atoms with Crippen LogP contribution in [-0.4, -0.2) is 30.4 Å². The van der Waals surface area contributed by atoms with E-state index in [1.807, 2.05) is 20.8 Å². The second kappa shape index (κ2) is 7.92. The van der Waals surface area contributed by atoms with Crippen LogP contribution in [0.5, 0.6) is 0 Å². The zero-order valence-corrected chi connectivity index (χ0v) is 11.6. The summed E-state index contributed by atoms with van der Waals surface area (Å²) in [4.78, 5) is 21.9. The summed E-state index contributed by atoms with van der Waals surface area (Å²) < 4.78 is 9.84. The Morgan fingerprint density at radius 1 is 1.28 bits per heavy atom. The van der Waals surface area contributed by atoms with Crippen molar-refractivity contribution in [3.63, 3.8) is 0 Å². The molecule has 0 aromatic carbocycles. The highest BCUT2D eigenvalue weighted by molar-refractivity contribution is 5.67. The van der Waals surface area contributed by atoms with Crippen molar-refractivity contribution in [3.8, 4) is 0 Å². The molecular weight excluding hydrogens is 236 g/mol. The highest BCUT2D eigenvalue weighted by Gasteiger charge is 2.15. The number of carbonyl (C=O) groups is 2. The van der Waals surface area contributed by atoms with E-state index in [1.54, 1.807) is 0 Å². The fourth-order valence-electron chi connectivity index (χ4n) is 1.25. The average Bonchev–Trinajstić information content (AvgIpc) is 2.12. The third-order valence-corrected chi connectivity index (χ3v) is 1.90. The first-order valence-corrected chi connectivity index (χ1v) is 6.10. The van der Waals surface area contributed by atoms with Gasteiger partial charge in [-0.3, -0.25) is 10.5 Å². The van der Waals surface area contributed by atoms with E-state index in [9.17, 15) is 9.59 Å². The van der Waals surface area contributed by atoms with Crippen molar-refractivity contribution in [1.29, 1.82) is 0 Å². The van der Waals surface area contributed by atoms with Crippen LogP contribution < -0.4 is 11.1 Å². The molecule has 3 N–H and O–H groups in total. The Kier molecular flexibility index (Phi) is 7.35. The van der Waals surface area contributed by atoms with E-state index < -0.39 is 17.9 Å². The lowest BCUT2D eigenvalue weighted by atomic mass is 10.2. The molecule has 0 spiro atoms. The first kappa shape index (κ1) is 16.7. The maximum absolute atomic E-state index is 11.3. The number of ether oxygens (including phenoxy) is 2. The van der Waals surface area contributed by atoms with E-state index >= 15 is 0 Å². The maximum atomic E-state index is 11.3. The van der Waals surface area contributed by atoms with Gasteiger partial charge in [-0.25, -0.2) is 4.79 Å². The number of hydrogen-bond acceptors (Lipinski definition) is 5. The summed E-state index contributed by atoms with van der Waals surface area (Å²) in [6.45, 7) is 7.27. The molecule has 0 saturated heterocycles. The molecule has 0 saturated carbocycles. The minimum Gasteiger partial charge on any atom is -0.447 e. The number of hydrogen-bond donors (Lipinski definition) is 2. The second-order valence-electron chi connectivity index (χ2n) is 5.07. The van der Waals surface area contributed by atoms with Crippen LogP contribution in [0.15, 0.2) is 0 Å². The molecule has 0 aliphatic heterocycles. The summed E-state index contributed by atoms with van der Waals surface area (Å²) in [5.41, 5.74) is 5.06. The van der Waals surface area contributed by atoms with Crippen molar-refractivity contribution in [2.24, 2.45) is 5.73 Å².